The lowest BCUT2D eigenvalue weighted by molar-refractivity contribution is 0.0679. The summed E-state index contributed by atoms with van der Waals surface area (Å²) in [6.07, 6.45) is 5.61. The molecule has 1 aliphatic heterocycles. The molecule has 1 atom stereocenters. The predicted molar refractivity (Wildman–Crippen MR) is 83.1 cm³/mol. The van der Waals surface area contributed by atoms with Crippen molar-refractivity contribution in [1.29, 1.82) is 0 Å². The second-order valence-corrected chi connectivity index (χ2v) is 5.17. The van der Waals surface area contributed by atoms with E-state index < -0.39 is 0 Å². The van der Waals surface area contributed by atoms with E-state index in [0.29, 0.717) is 17.9 Å². The number of carbonyl (C=O) groups is 1. The van der Waals surface area contributed by atoms with Crippen LogP contribution in [-0.2, 0) is 4.74 Å². The first-order valence-corrected chi connectivity index (χ1v) is 7.37. The van der Waals surface area contributed by atoms with Crippen LogP contribution in [0.2, 0.25) is 0 Å². The lowest BCUT2D eigenvalue weighted by Crippen LogP contribution is -2.16. The molecule has 1 fully saturated rings. The van der Waals surface area contributed by atoms with Crippen LogP contribution in [-0.4, -0.2) is 30.2 Å². The summed E-state index contributed by atoms with van der Waals surface area (Å²) in [6.45, 7) is 1.38. The Morgan fingerprint density at radius 1 is 1.32 bits per heavy atom. The van der Waals surface area contributed by atoms with E-state index in [4.69, 9.17) is 9.47 Å². The largest absolute Gasteiger partial charge is 0.491 e. The fourth-order valence-electron chi connectivity index (χ4n) is 2.31. The van der Waals surface area contributed by atoms with Crippen molar-refractivity contribution in [2.45, 2.75) is 18.9 Å². The number of aromatic nitrogens is 1. The van der Waals surface area contributed by atoms with Crippen LogP contribution in [0.3, 0.4) is 0 Å². The lowest BCUT2D eigenvalue weighted by Gasteiger charge is -2.11. The Kier molecular flexibility index (Phi) is 4.65. The first kappa shape index (κ1) is 14.5. The third-order valence-electron chi connectivity index (χ3n) is 3.50. The Bertz CT molecular complexity index is 608. The number of amides is 1. The van der Waals surface area contributed by atoms with Crippen LogP contribution < -0.4 is 10.1 Å². The predicted octanol–water partition coefficient (Wildman–Crippen LogP) is 2.89. The van der Waals surface area contributed by atoms with Crippen molar-refractivity contribution in [1.82, 2.24) is 4.98 Å². The fourth-order valence-corrected chi connectivity index (χ4v) is 2.31. The van der Waals surface area contributed by atoms with Gasteiger partial charge in [0.2, 0.25) is 0 Å². The van der Waals surface area contributed by atoms with Crippen LogP contribution in [0.5, 0.6) is 5.75 Å². The minimum Gasteiger partial charge on any atom is -0.491 e. The van der Waals surface area contributed by atoms with Crippen molar-refractivity contribution >= 4 is 11.6 Å². The van der Waals surface area contributed by atoms with Crippen LogP contribution in [0.4, 0.5) is 5.69 Å². The van der Waals surface area contributed by atoms with Crippen LogP contribution in [0.1, 0.15) is 23.2 Å². The molecule has 1 N–H and O–H groups in total. The van der Waals surface area contributed by atoms with Gasteiger partial charge in [-0.25, -0.2) is 0 Å². The third-order valence-corrected chi connectivity index (χ3v) is 3.50. The molecule has 114 valence electrons. The van der Waals surface area contributed by atoms with E-state index in [-0.39, 0.29) is 12.0 Å². The van der Waals surface area contributed by atoms with Gasteiger partial charge in [-0.1, -0.05) is 0 Å². The average Bonchev–Trinajstić information content (AvgIpc) is 3.08. The summed E-state index contributed by atoms with van der Waals surface area (Å²) in [5.74, 6) is 0.576. The van der Waals surface area contributed by atoms with E-state index in [1.54, 1.807) is 48.8 Å². The summed E-state index contributed by atoms with van der Waals surface area (Å²) >= 11 is 0. The van der Waals surface area contributed by atoms with Crippen molar-refractivity contribution in [3.63, 3.8) is 0 Å². The van der Waals surface area contributed by atoms with Gasteiger partial charge in [0, 0.05) is 18.4 Å². The number of benzene rings is 1. The zero-order valence-corrected chi connectivity index (χ0v) is 12.2. The smallest absolute Gasteiger partial charge is 0.255 e. The van der Waals surface area contributed by atoms with E-state index in [0.717, 1.165) is 25.2 Å². The number of nitrogens with one attached hydrogen (secondary N) is 1. The third kappa shape index (κ3) is 3.83. The van der Waals surface area contributed by atoms with Gasteiger partial charge < -0.3 is 14.8 Å². The second-order valence-electron chi connectivity index (χ2n) is 5.17. The number of anilines is 1. The summed E-state index contributed by atoms with van der Waals surface area (Å²) in [7, 11) is 0. The molecule has 0 bridgehead atoms. The monoisotopic (exact) mass is 298 g/mol. The minimum atomic E-state index is -0.168. The molecule has 0 spiro atoms. The Balaban J connectivity index is 1.55. The van der Waals surface area contributed by atoms with Crippen LogP contribution in [0, 0.1) is 0 Å². The van der Waals surface area contributed by atoms with Gasteiger partial charge in [-0.3, -0.25) is 9.78 Å². The van der Waals surface area contributed by atoms with Gasteiger partial charge in [0.05, 0.1) is 18.0 Å². The number of rotatable bonds is 5. The number of hydrogen-bond donors (Lipinski definition) is 1. The number of carbonyl (C=O) groups excluding carboxylic acids is 1. The van der Waals surface area contributed by atoms with Gasteiger partial charge in [0.1, 0.15) is 12.4 Å². The molecular weight excluding hydrogens is 280 g/mol. The minimum absolute atomic E-state index is 0.168. The summed E-state index contributed by atoms with van der Waals surface area (Å²) in [6, 6.07) is 10.7. The van der Waals surface area contributed by atoms with E-state index in [1.165, 1.54) is 0 Å². The summed E-state index contributed by atoms with van der Waals surface area (Å²) in [5.41, 5.74) is 1.25. The molecule has 0 aliphatic carbocycles. The zero-order chi connectivity index (χ0) is 15.2. The maximum atomic E-state index is 12.1. The lowest BCUT2D eigenvalue weighted by atomic mass is 10.2. The molecule has 0 unspecified atom stereocenters. The summed E-state index contributed by atoms with van der Waals surface area (Å²) in [4.78, 5) is 16.1. The van der Waals surface area contributed by atoms with Gasteiger partial charge in [-0.2, -0.15) is 0 Å². The SMILES string of the molecule is O=C(Nc1cccnc1)c1ccc(OC[C@@H]2CCCO2)cc1. The van der Waals surface area contributed by atoms with E-state index in [1.807, 2.05) is 0 Å². The second kappa shape index (κ2) is 7.04. The van der Waals surface area contributed by atoms with Crippen molar-refractivity contribution in [3.05, 3.63) is 54.4 Å². The molecule has 5 heteroatoms. The summed E-state index contributed by atoms with van der Waals surface area (Å²) < 4.78 is 11.2. The van der Waals surface area contributed by atoms with Gasteiger partial charge in [0.25, 0.3) is 5.91 Å². The van der Waals surface area contributed by atoms with Crippen LogP contribution in [0.25, 0.3) is 0 Å². The number of nitrogens with zero attached hydrogens (tertiary/aromatic N) is 1. The Hall–Kier alpha value is -2.40. The van der Waals surface area contributed by atoms with Gasteiger partial charge >= 0.3 is 0 Å². The molecule has 1 aliphatic rings. The molecule has 1 amide bonds. The first-order chi connectivity index (χ1) is 10.8. The normalized spacial score (nSPS) is 17.2. The Morgan fingerprint density at radius 3 is 2.86 bits per heavy atom. The molecule has 5 nitrogen and oxygen atoms in total. The molecular formula is C17H18N2O3. The highest BCUT2D eigenvalue weighted by Gasteiger charge is 2.16. The molecule has 3 rings (SSSR count). The van der Waals surface area contributed by atoms with Gasteiger partial charge in [0.15, 0.2) is 0 Å². The van der Waals surface area contributed by atoms with E-state index in [9.17, 15) is 4.79 Å². The molecule has 2 heterocycles. The molecule has 22 heavy (non-hydrogen) atoms. The zero-order valence-electron chi connectivity index (χ0n) is 12.2. The van der Waals surface area contributed by atoms with Crippen molar-refractivity contribution in [2.75, 3.05) is 18.5 Å². The number of pyridine rings is 1. The van der Waals surface area contributed by atoms with Crippen LogP contribution >= 0.6 is 0 Å². The van der Waals surface area contributed by atoms with Crippen molar-refractivity contribution < 1.29 is 14.3 Å². The molecule has 0 radical (unpaired) electrons. The summed E-state index contributed by atoms with van der Waals surface area (Å²) in [5, 5.41) is 2.79. The highest BCUT2D eigenvalue weighted by Crippen LogP contribution is 2.17. The van der Waals surface area contributed by atoms with Crippen LogP contribution in [0.15, 0.2) is 48.8 Å². The molecule has 1 aromatic heterocycles. The first-order valence-electron chi connectivity index (χ1n) is 7.37. The standard InChI is InChI=1S/C17H18N2O3/c20-17(19-14-3-1-9-18-11-14)13-5-7-15(8-6-13)22-12-16-4-2-10-21-16/h1,3,5-9,11,16H,2,4,10,12H2,(H,19,20)/t16-/m0/s1. The highest BCUT2D eigenvalue weighted by atomic mass is 16.5. The Labute approximate surface area is 129 Å². The number of hydrogen-bond acceptors (Lipinski definition) is 4. The maximum Gasteiger partial charge on any atom is 0.255 e. The van der Waals surface area contributed by atoms with E-state index >= 15 is 0 Å². The molecule has 2 aromatic rings. The van der Waals surface area contributed by atoms with Crippen molar-refractivity contribution in [3.8, 4) is 5.75 Å². The Morgan fingerprint density at radius 2 is 2.18 bits per heavy atom. The molecule has 1 aromatic carbocycles. The maximum absolute atomic E-state index is 12.1. The number of ether oxygens (including phenoxy) is 2. The quantitative estimate of drug-likeness (QED) is 0.922. The topological polar surface area (TPSA) is 60.5 Å². The molecule has 1 saturated heterocycles. The van der Waals surface area contributed by atoms with E-state index in [2.05, 4.69) is 10.3 Å². The highest BCUT2D eigenvalue weighted by molar-refractivity contribution is 6.04. The van der Waals surface area contributed by atoms with Gasteiger partial charge in [-0.15, -0.1) is 0 Å². The fraction of sp³-hybridized carbons (Fsp3) is 0.294. The van der Waals surface area contributed by atoms with Crippen molar-refractivity contribution in [2.24, 2.45) is 0 Å². The molecule has 0 saturated carbocycles. The average molecular weight is 298 g/mol. The van der Waals surface area contributed by atoms with Gasteiger partial charge in [-0.05, 0) is 49.2 Å².